The number of carbonyl (C=O) groups is 2. The minimum atomic E-state index is -1.18. The van der Waals surface area contributed by atoms with Gasteiger partial charge in [-0.3, -0.25) is 4.79 Å². The molecule has 0 aliphatic rings. The SMILES string of the molecule is CC(C)(C)[C@@H](N)C(=O)NC(CCO)C(=O)O. The monoisotopic (exact) mass is 232 g/mol. The molecule has 0 aromatic heterocycles. The number of aliphatic hydroxyl groups is 1. The normalized spacial score (nSPS) is 15.3. The van der Waals surface area contributed by atoms with Gasteiger partial charge in [0.05, 0.1) is 6.04 Å². The molecule has 0 saturated carbocycles. The zero-order valence-electron chi connectivity index (χ0n) is 9.86. The summed E-state index contributed by atoms with van der Waals surface area (Å²) in [4.78, 5) is 22.3. The second kappa shape index (κ2) is 5.81. The Labute approximate surface area is 94.8 Å². The maximum Gasteiger partial charge on any atom is 0.326 e. The Balaban J connectivity index is 4.46. The summed E-state index contributed by atoms with van der Waals surface area (Å²) in [5.74, 6) is -1.70. The molecule has 0 spiro atoms. The summed E-state index contributed by atoms with van der Waals surface area (Å²) >= 11 is 0. The van der Waals surface area contributed by atoms with Crippen LogP contribution in [0.3, 0.4) is 0 Å². The molecule has 1 amide bonds. The Kier molecular flexibility index (Phi) is 5.40. The highest BCUT2D eigenvalue weighted by Gasteiger charge is 2.30. The van der Waals surface area contributed by atoms with E-state index in [-0.39, 0.29) is 13.0 Å². The van der Waals surface area contributed by atoms with E-state index < -0.39 is 29.4 Å². The molecule has 5 N–H and O–H groups in total. The first kappa shape index (κ1) is 14.9. The van der Waals surface area contributed by atoms with Crippen molar-refractivity contribution in [3.8, 4) is 0 Å². The largest absolute Gasteiger partial charge is 0.480 e. The van der Waals surface area contributed by atoms with Crippen molar-refractivity contribution in [2.75, 3.05) is 6.61 Å². The zero-order chi connectivity index (χ0) is 12.9. The predicted molar refractivity (Wildman–Crippen MR) is 58.7 cm³/mol. The smallest absolute Gasteiger partial charge is 0.326 e. The first-order valence-electron chi connectivity index (χ1n) is 5.09. The number of nitrogens with two attached hydrogens (primary N) is 1. The average molecular weight is 232 g/mol. The number of carbonyl (C=O) groups excluding carboxylic acids is 1. The van der Waals surface area contributed by atoms with E-state index in [1.54, 1.807) is 20.8 Å². The van der Waals surface area contributed by atoms with Crippen molar-refractivity contribution in [3.05, 3.63) is 0 Å². The summed E-state index contributed by atoms with van der Waals surface area (Å²) in [7, 11) is 0. The number of carboxylic acid groups (broad SMARTS) is 1. The Morgan fingerprint density at radius 1 is 1.38 bits per heavy atom. The minimum Gasteiger partial charge on any atom is -0.480 e. The maximum atomic E-state index is 11.6. The predicted octanol–water partition coefficient (Wildman–Crippen LogP) is -0.688. The number of hydrogen-bond acceptors (Lipinski definition) is 4. The average Bonchev–Trinajstić information content (AvgIpc) is 2.14. The molecule has 0 fully saturated rings. The van der Waals surface area contributed by atoms with E-state index in [2.05, 4.69) is 5.32 Å². The summed E-state index contributed by atoms with van der Waals surface area (Å²) in [5.41, 5.74) is 5.23. The summed E-state index contributed by atoms with van der Waals surface area (Å²) in [6.45, 7) is 5.07. The van der Waals surface area contributed by atoms with E-state index in [4.69, 9.17) is 15.9 Å². The highest BCUT2D eigenvalue weighted by atomic mass is 16.4. The molecular weight excluding hydrogens is 212 g/mol. The third kappa shape index (κ3) is 4.59. The number of aliphatic hydroxyl groups excluding tert-OH is 1. The van der Waals surface area contributed by atoms with Gasteiger partial charge in [0.25, 0.3) is 0 Å². The minimum absolute atomic E-state index is 0.0298. The van der Waals surface area contributed by atoms with Crippen molar-refractivity contribution in [1.29, 1.82) is 0 Å². The quantitative estimate of drug-likeness (QED) is 0.501. The van der Waals surface area contributed by atoms with Crippen LogP contribution in [0.2, 0.25) is 0 Å². The molecular formula is C10H20N2O4. The third-order valence-corrected chi connectivity index (χ3v) is 2.25. The highest BCUT2D eigenvalue weighted by molar-refractivity contribution is 5.87. The van der Waals surface area contributed by atoms with Crippen LogP contribution in [0.25, 0.3) is 0 Å². The second-order valence-electron chi connectivity index (χ2n) is 4.76. The molecule has 0 aliphatic heterocycles. The zero-order valence-corrected chi connectivity index (χ0v) is 9.86. The molecule has 0 bridgehead atoms. The summed E-state index contributed by atoms with van der Waals surface area (Å²) in [6.07, 6.45) is -0.0298. The van der Waals surface area contributed by atoms with Crippen LogP contribution in [0, 0.1) is 5.41 Å². The van der Waals surface area contributed by atoms with E-state index in [0.717, 1.165) is 0 Å². The Morgan fingerprint density at radius 2 is 1.88 bits per heavy atom. The lowest BCUT2D eigenvalue weighted by molar-refractivity contribution is -0.142. The van der Waals surface area contributed by atoms with Crippen LogP contribution in [0.4, 0.5) is 0 Å². The van der Waals surface area contributed by atoms with Crippen molar-refractivity contribution in [2.24, 2.45) is 11.1 Å². The van der Waals surface area contributed by atoms with Gasteiger partial charge in [-0.25, -0.2) is 4.79 Å². The van der Waals surface area contributed by atoms with Gasteiger partial charge in [0.1, 0.15) is 6.04 Å². The number of carboxylic acids is 1. The van der Waals surface area contributed by atoms with Gasteiger partial charge in [0.2, 0.25) is 5.91 Å². The van der Waals surface area contributed by atoms with Gasteiger partial charge in [0.15, 0.2) is 0 Å². The number of nitrogens with one attached hydrogen (secondary N) is 1. The lowest BCUT2D eigenvalue weighted by Gasteiger charge is -2.27. The molecule has 0 aromatic carbocycles. The van der Waals surface area contributed by atoms with Crippen LogP contribution in [-0.2, 0) is 9.59 Å². The number of amides is 1. The molecule has 0 aromatic rings. The highest BCUT2D eigenvalue weighted by Crippen LogP contribution is 2.17. The summed E-state index contributed by atoms with van der Waals surface area (Å²) in [6, 6.07) is -1.88. The topological polar surface area (TPSA) is 113 Å². The van der Waals surface area contributed by atoms with Crippen LogP contribution in [0.1, 0.15) is 27.2 Å². The van der Waals surface area contributed by atoms with Gasteiger partial charge in [0, 0.05) is 13.0 Å². The van der Waals surface area contributed by atoms with Crippen LogP contribution < -0.4 is 11.1 Å². The molecule has 0 aliphatic carbocycles. The third-order valence-electron chi connectivity index (χ3n) is 2.25. The Morgan fingerprint density at radius 3 is 2.19 bits per heavy atom. The number of aliphatic carboxylic acids is 1. The Bertz CT molecular complexity index is 260. The molecule has 0 saturated heterocycles. The summed E-state index contributed by atoms with van der Waals surface area (Å²) in [5, 5.41) is 19.7. The molecule has 0 heterocycles. The first-order valence-corrected chi connectivity index (χ1v) is 5.09. The fourth-order valence-electron chi connectivity index (χ4n) is 1.04. The van der Waals surface area contributed by atoms with Crippen molar-refractivity contribution in [1.82, 2.24) is 5.32 Å². The first-order chi connectivity index (χ1) is 7.20. The molecule has 0 rings (SSSR count). The van der Waals surface area contributed by atoms with Crippen LogP contribution in [-0.4, -0.2) is 40.8 Å². The van der Waals surface area contributed by atoms with E-state index in [0.29, 0.717) is 0 Å². The lowest BCUT2D eigenvalue weighted by atomic mass is 9.87. The molecule has 2 atom stereocenters. The second-order valence-corrected chi connectivity index (χ2v) is 4.76. The van der Waals surface area contributed by atoms with Crippen molar-refractivity contribution in [2.45, 2.75) is 39.3 Å². The van der Waals surface area contributed by atoms with E-state index in [1.807, 2.05) is 0 Å². The van der Waals surface area contributed by atoms with Gasteiger partial charge in [-0.15, -0.1) is 0 Å². The van der Waals surface area contributed by atoms with Crippen LogP contribution in [0.15, 0.2) is 0 Å². The Hall–Kier alpha value is -1.14. The lowest BCUT2D eigenvalue weighted by Crippen LogP contribution is -2.53. The fourth-order valence-corrected chi connectivity index (χ4v) is 1.04. The molecule has 0 radical (unpaired) electrons. The van der Waals surface area contributed by atoms with Gasteiger partial charge in [-0.05, 0) is 5.41 Å². The standard InChI is InChI=1S/C10H20N2O4/c1-10(2,3)7(11)8(14)12-6(4-5-13)9(15)16/h6-7,13H,4-5,11H2,1-3H3,(H,12,14)(H,15,16)/t6?,7-/m0/s1. The van der Waals surface area contributed by atoms with Gasteiger partial charge >= 0.3 is 5.97 Å². The number of rotatable bonds is 5. The van der Waals surface area contributed by atoms with E-state index >= 15 is 0 Å². The van der Waals surface area contributed by atoms with Gasteiger partial charge in [-0.2, -0.15) is 0 Å². The van der Waals surface area contributed by atoms with E-state index in [9.17, 15) is 9.59 Å². The molecule has 16 heavy (non-hydrogen) atoms. The fraction of sp³-hybridized carbons (Fsp3) is 0.800. The van der Waals surface area contributed by atoms with Gasteiger partial charge < -0.3 is 21.3 Å². The van der Waals surface area contributed by atoms with Crippen molar-refractivity contribution >= 4 is 11.9 Å². The van der Waals surface area contributed by atoms with Crippen LogP contribution in [0.5, 0.6) is 0 Å². The van der Waals surface area contributed by atoms with Crippen molar-refractivity contribution in [3.63, 3.8) is 0 Å². The molecule has 6 heteroatoms. The van der Waals surface area contributed by atoms with Gasteiger partial charge in [-0.1, -0.05) is 20.8 Å². The van der Waals surface area contributed by atoms with Crippen LogP contribution >= 0.6 is 0 Å². The molecule has 94 valence electrons. The molecule has 1 unspecified atom stereocenters. The number of hydrogen-bond donors (Lipinski definition) is 4. The van der Waals surface area contributed by atoms with E-state index in [1.165, 1.54) is 0 Å². The molecule has 6 nitrogen and oxygen atoms in total. The van der Waals surface area contributed by atoms with Crippen molar-refractivity contribution < 1.29 is 19.8 Å². The maximum absolute atomic E-state index is 11.6. The summed E-state index contributed by atoms with van der Waals surface area (Å²) < 4.78 is 0.